The van der Waals surface area contributed by atoms with Crippen molar-refractivity contribution >= 4 is 12.0 Å². The van der Waals surface area contributed by atoms with Crippen LogP contribution >= 0.6 is 0 Å². The molecular formula is C10H19N3O3. The zero-order valence-electron chi connectivity index (χ0n) is 9.75. The average molecular weight is 229 g/mol. The number of hydrogen-bond acceptors (Lipinski definition) is 3. The Morgan fingerprint density at radius 3 is 2.50 bits per heavy atom. The lowest BCUT2D eigenvalue weighted by atomic mass is 10.3. The van der Waals surface area contributed by atoms with Gasteiger partial charge in [-0.1, -0.05) is 0 Å². The summed E-state index contributed by atoms with van der Waals surface area (Å²) in [5, 5.41) is 14.5. The topological polar surface area (TPSA) is 81.7 Å². The summed E-state index contributed by atoms with van der Waals surface area (Å²) in [5.41, 5.74) is -0.992. The van der Waals surface area contributed by atoms with Crippen molar-refractivity contribution in [2.24, 2.45) is 0 Å². The molecule has 6 heteroatoms. The molecule has 0 aromatic heterocycles. The van der Waals surface area contributed by atoms with Gasteiger partial charge in [-0.25, -0.2) is 9.59 Å². The minimum absolute atomic E-state index is 0.309. The lowest BCUT2D eigenvalue weighted by Gasteiger charge is -2.20. The zero-order chi connectivity index (χ0) is 12.2. The number of carboxylic acid groups (broad SMARTS) is 1. The molecule has 0 atom stereocenters. The van der Waals surface area contributed by atoms with Gasteiger partial charge in [-0.2, -0.15) is 0 Å². The molecule has 0 saturated heterocycles. The zero-order valence-corrected chi connectivity index (χ0v) is 9.75. The van der Waals surface area contributed by atoms with E-state index >= 15 is 0 Å². The van der Waals surface area contributed by atoms with Gasteiger partial charge in [-0.3, -0.25) is 0 Å². The monoisotopic (exact) mass is 229 g/mol. The number of rotatable bonds is 6. The van der Waals surface area contributed by atoms with Crippen LogP contribution in [0.5, 0.6) is 0 Å². The van der Waals surface area contributed by atoms with E-state index in [1.165, 1.54) is 4.90 Å². The summed E-state index contributed by atoms with van der Waals surface area (Å²) in [6.07, 6.45) is 1.90. The third-order valence-corrected chi connectivity index (χ3v) is 2.77. The van der Waals surface area contributed by atoms with Gasteiger partial charge in [0.1, 0.15) is 5.54 Å². The van der Waals surface area contributed by atoms with Gasteiger partial charge in [0.2, 0.25) is 0 Å². The maximum atomic E-state index is 11.6. The standard InChI is InChI=1S/C10H19N3O3/c1-11-6-3-7-13(2)9(16)12-10(4-5-10)8(14)15/h11H,3-7H2,1-2H3,(H,12,16)(H,14,15). The molecule has 1 aliphatic rings. The first-order chi connectivity index (χ1) is 7.52. The predicted molar refractivity (Wildman–Crippen MR) is 59.3 cm³/mol. The van der Waals surface area contributed by atoms with Crippen molar-refractivity contribution in [2.45, 2.75) is 24.8 Å². The highest BCUT2D eigenvalue weighted by Gasteiger charge is 2.52. The summed E-state index contributed by atoms with van der Waals surface area (Å²) in [6, 6.07) is -0.309. The van der Waals surface area contributed by atoms with Crippen LogP contribution < -0.4 is 10.6 Å². The molecule has 0 aromatic carbocycles. The molecule has 1 aliphatic carbocycles. The van der Waals surface area contributed by atoms with Crippen LogP contribution in [0.2, 0.25) is 0 Å². The number of hydrogen-bond donors (Lipinski definition) is 3. The van der Waals surface area contributed by atoms with Gasteiger partial charge in [0, 0.05) is 13.6 Å². The van der Waals surface area contributed by atoms with Crippen molar-refractivity contribution in [1.82, 2.24) is 15.5 Å². The number of carbonyl (C=O) groups is 2. The molecule has 1 fully saturated rings. The molecule has 3 N–H and O–H groups in total. The second kappa shape index (κ2) is 5.16. The van der Waals surface area contributed by atoms with Crippen LogP contribution in [0.1, 0.15) is 19.3 Å². The fourth-order valence-electron chi connectivity index (χ4n) is 1.41. The molecule has 0 aliphatic heterocycles. The number of nitrogens with zero attached hydrogens (tertiary/aromatic N) is 1. The number of amides is 2. The van der Waals surface area contributed by atoms with Gasteiger partial charge in [-0.15, -0.1) is 0 Å². The maximum Gasteiger partial charge on any atom is 0.329 e. The summed E-state index contributed by atoms with van der Waals surface area (Å²) in [5.74, 6) is -0.940. The van der Waals surface area contributed by atoms with Crippen LogP contribution in [0.15, 0.2) is 0 Å². The van der Waals surface area contributed by atoms with E-state index < -0.39 is 11.5 Å². The quantitative estimate of drug-likeness (QED) is 0.553. The molecule has 1 saturated carbocycles. The Morgan fingerprint density at radius 1 is 1.44 bits per heavy atom. The SMILES string of the molecule is CNCCCN(C)C(=O)NC1(C(=O)O)CC1. The molecule has 6 nitrogen and oxygen atoms in total. The smallest absolute Gasteiger partial charge is 0.329 e. The van der Waals surface area contributed by atoms with E-state index in [1.807, 2.05) is 7.05 Å². The van der Waals surface area contributed by atoms with Crippen molar-refractivity contribution in [3.8, 4) is 0 Å². The number of urea groups is 1. The Hall–Kier alpha value is -1.30. The van der Waals surface area contributed by atoms with E-state index in [0.29, 0.717) is 19.4 Å². The minimum atomic E-state index is -0.992. The van der Waals surface area contributed by atoms with E-state index in [1.54, 1.807) is 7.05 Å². The first kappa shape index (κ1) is 12.8. The second-order valence-corrected chi connectivity index (χ2v) is 4.20. The number of nitrogens with one attached hydrogen (secondary N) is 2. The van der Waals surface area contributed by atoms with Crippen molar-refractivity contribution in [3.63, 3.8) is 0 Å². The van der Waals surface area contributed by atoms with Gasteiger partial charge >= 0.3 is 12.0 Å². The molecule has 0 heterocycles. The van der Waals surface area contributed by atoms with Gasteiger partial charge in [0.15, 0.2) is 0 Å². The summed E-state index contributed by atoms with van der Waals surface area (Å²) >= 11 is 0. The lowest BCUT2D eigenvalue weighted by molar-refractivity contribution is -0.140. The van der Waals surface area contributed by atoms with Gasteiger partial charge in [0.05, 0.1) is 0 Å². The van der Waals surface area contributed by atoms with Crippen LogP contribution in [-0.4, -0.2) is 54.7 Å². The molecule has 0 aromatic rings. The van der Waals surface area contributed by atoms with E-state index in [2.05, 4.69) is 10.6 Å². The number of aliphatic carboxylic acids is 1. The van der Waals surface area contributed by atoms with Crippen molar-refractivity contribution in [2.75, 3.05) is 27.2 Å². The Kier molecular flexibility index (Phi) is 4.12. The molecule has 16 heavy (non-hydrogen) atoms. The summed E-state index contributed by atoms with van der Waals surface area (Å²) < 4.78 is 0. The van der Waals surface area contributed by atoms with Crippen molar-refractivity contribution in [1.29, 1.82) is 0 Å². The van der Waals surface area contributed by atoms with Crippen molar-refractivity contribution in [3.05, 3.63) is 0 Å². The second-order valence-electron chi connectivity index (χ2n) is 4.20. The molecule has 0 radical (unpaired) electrons. The van der Waals surface area contributed by atoms with Crippen LogP contribution in [0, 0.1) is 0 Å². The Morgan fingerprint density at radius 2 is 2.06 bits per heavy atom. The minimum Gasteiger partial charge on any atom is -0.480 e. The normalized spacial score (nSPS) is 16.6. The fraction of sp³-hybridized carbons (Fsp3) is 0.800. The molecule has 92 valence electrons. The van der Waals surface area contributed by atoms with Crippen molar-refractivity contribution < 1.29 is 14.7 Å². The van der Waals surface area contributed by atoms with E-state index in [9.17, 15) is 9.59 Å². The van der Waals surface area contributed by atoms with Gasteiger partial charge in [0.25, 0.3) is 0 Å². The number of carboxylic acids is 1. The first-order valence-electron chi connectivity index (χ1n) is 5.43. The summed E-state index contributed by atoms with van der Waals surface area (Å²) in [6.45, 7) is 1.45. The first-order valence-corrected chi connectivity index (χ1v) is 5.43. The lowest BCUT2D eigenvalue weighted by Crippen LogP contribution is -2.48. The molecule has 2 amide bonds. The Balaban J connectivity index is 2.32. The van der Waals surface area contributed by atoms with Crippen LogP contribution in [0.4, 0.5) is 4.79 Å². The molecule has 0 bridgehead atoms. The van der Waals surface area contributed by atoms with E-state index in [-0.39, 0.29) is 6.03 Å². The average Bonchev–Trinajstić information content (AvgIpc) is 2.99. The van der Waals surface area contributed by atoms with Crippen LogP contribution in [-0.2, 0) is 4.79 Å². The van der Waals surface area contributed by atoms with Crippen LogP contribution in [0.3, 0.4) is 0 Å². The maximum absolute atomic E-state index is 11.6. The van der Waals surface area contributed by atoms with E-state index in [0.717, 1.165) is 13.0 Å². The molecule has 0 spiro atoms. The molecular weight excluding hydrogens is 210 g/mol. The predicted octanol–water partition coefficient (Wildman–Crippen LogP) is -0.145. The molecule has 1 rings (SSSR count). The van der Waals surface area contributed by atoms with Crippen LogP contribution in [0.25, 0.3) is 0 Å². The third-order valence-electron chi connectivity index (χ3n) is 2.77. The summed E-state index contributed by atoms with van der Waals surface area (Å²) in [4.78, 5) is 24.0. The Bertz CT molecular complexity index is 276. The third kappa shape index (κ3) is 3.10. The molecule has 0 unspecified atom stereocenters. The highest BCUT2D eigenvalue weighted by atomic mass is 16.4. The fourth-order valence-corrected chi connectivity index (χ4v) is 1.41. The van der Waals surface area contributed by atoms with Gasteiger partial charge in [-0.05, 0) is 32.9 Å². The van der Waals surface area contributed by atoms with Gasteiger partial charge < -0.3 is 20.6 Å². The Labute approximate surface area is 95.0 Å². The number of carbonyl (C=O) groups excluding carboxylic acids is 1. The highest BCUT2D eigenvalue weighted by molar-refractivity contribution is 5.88. The largest absolute Gasteiger partial charge is 0.480 e. The highest BCUT2D eigenvalue weighted by Crippen LogP contribution is 2.35. The van der Waals surface area contributed by atoms with E-state index in [4.69, 9.17) is 5.11 Å². The summed E-state index contributed by atoms with van der Waals surface area (Å²) in [7, 11) is 3.52.